The second kappa shape index (κ2) is 9.67. The summed E-state index contributed by atoms with van der Waals surface area (Å²) in [5, 5.41) is 20.8. The molecule has 0 aliphatic heterocycles. The van der Waals surface area contributed by atoms with Gasteiger partial charge in [-0.15, -0.1) is 0 Å². The van der Waals surface area contributed by atoms with E-state index in [9.17, 15) is 9.90 Å². The van der Waals surface area contributed by atoms with Gasteiger partial charge in [-0.3, -0.25) is 5.32 Å². The largest absolute Gasteiger partial charge is 0.504 e. The van der Waals surface area contributed by atoms with Gasteiger partial charge in [0, 0.05) is 18.2 Å². The minimum Gasteiger partial charge on any atom is -0.504 e. The molecule has 4 aromatic rings. The standard InChI is InChI=1S/C24H23ClN6O4/c1-34-21-11-16-19(12-20(21)32)26-13-27-23(16)35-15-6-7-18(17(25)10-15)29-24(33)30-22-8-9-28-31(22)14-4-2-3-5-14/h6-14,32H,2-5H2,1H3,(H2,29,30,33). The highest BCUT2D eigenvalue weighted by molar-refractivity contribution is 6.34. The lowest BCUT2D eigenvalue weighted by Gasteiger charge is -2.15. The summed E-state index contributed by atoms with van der Waals surface area (Å²) in [5.74, 6) is 1.56. The molecule has 2 aromatic heterocycles. The number of nitrogens with zero attached hydrogens (tertiary/aromatic N) is 4. The molecule has 0 bridgehead atoms. The number of benzene rings is 2. The van der Waals surface area contributed by atoms with E-state index in [4.69, 9.17) is 21.1 Å². The van der Waals surface area contributed by atoms with E-state index < -0.39 is 6.03 Å². The van der Waals surface area contributed by atoms with Crippen molar-refractivity contribution < 1.29 is 19.4 Å². The summed E-state index contributed by atoms with van der Waals surface area (Å²) in [7, 11) is 1.45. The lowest BCUT2D eigenvalue weighted by Crippen LogP contribution is -2.22. The van der Waals surface area contributed by atoms with Crippen molar-refractivity contribution in [3.05, 3.63) is 53.9 Å². The van der Waals surface area contributed by atoms with Crippen molar-refractivity contribution in [1.82, 2.24) is 19.7 Å². The van der Waals surface area contributed by atoms with Crippen molar-refractivity contribution in [3.8, 4) is 23.1 Å². The Hall–Kier alpha value is -4.05. The number of rotatable bonds is 6. The van der Waals surface area contributed by atoms with Crippen molar-refractivity contribution in [1.29, 1.82) is 0 Å². The zero-order valence-electron chi connectivity index (χ0n) is 18.9. The monoisotopic (exact) mass is 494 g/mol. The van der Waals surface area contributed by atoms with Crippen LogP contribution in [-0.2, 0) is 0 Å². The predicted octanol–water partition coefficient (Wildman–Crippen LogP) is 5.75. The molecule has 2 amide bonds. The number of hydrogen-bond acceptors (Lipinski definition) is 7. The third-order valence-corrected chi connectivity index (χ3v) is 6.20. The van der Waals surface area contributed by atoms with Crippen LogP contribution < -0.4 is 20.1 Å². The number of hydrogen-bond donors (Lipinski definition) is 3. The molecule has 0 radical (unpaired) electrons. The topological polar surface area (TPSA) is 123 Å². The Morgan fingerprint density at radius 3 is 2.74 bits per heavy atom. The number of phenols is 1. The van der Waals surface area contributed by atoms with Gasteiger partial charge in [-0.05, 0) is 31.0 Å². The lowest BCUT2D eigenvalue weighted by molar-refractivity contribution is 0.262. The molecular formula is C24H23ClN6O4. The molecule has 1 fully saturated rings. The van der Waals surface area contributed by atoms with Gasteiger partial charge in [-0.1, -0.05) is 24.4 Å². The molecule has 5 rings (SSSR count). The molecular weight excluding hydrogens is 472 g/mol. The summed E-state index contributed by atoms with van der Waals surface area (Å²) in [4.78, 5) is 20.9. The van der Waals surface area contributed by atoms with Gasteiger partial charge in [0.2, 0.25) is 5.88 Å². The highest BCUT2D eigenvalue weighted by Gasteiger charge is 2.21. The number of ether oxygens (including phenoxy) is 2. The summed E-state index contributed by atoms with van der Waals surface area (Å²) in [5.41, 5.74) is 0.911. The molecule has 2 heterocycles. The van der Waals surface area contributed by atoms with Crippen LogP contribution in [0.15, 0.2) is 48.9 Å². The Bertz CT molecular complexity index is 1390. The number of carbonyl (C=O) groups is 1. The van der Waals surface area contributed by atoms with Crippen molar-refractivity contribution in [2.24, 2.45) is 0 Å². The fourth-order valence-electron chi connectivity index (χ4n) is 4.19. The van der Waals surface area contributed by atoms with E-state index in [1.54, 1.807) is 36.5 Å². The van der Waals surface area contributed by atoms with Crippen LogP contribution in [0, 0.1) is 0 Å². The van der Waals surface area contributed by atoms with E-state index >= 15 is 0 Å². The van der Waals surface area contributed by atoms with Crippen molar-refractivity contribution in [2.45, 2.75) is 31.7 Å². The second-order valence-electron chi connectivity index (χ2n) is 8.14. The number of methoxy groups -OCH3 is 1. The number of amides is 2. The minimum atomic E-state index is -0.422. The van der Waals surface area contributed by atoms with Gasteiger partial charge in [0.05, 0.1) is 41.0 Å². The number of aromatic nitrogens is 4. The number of anilines is 2. The van der Waals surface area contributed by atoms with Crippen LogP contribution in [-0.4, -0.2) is 38.0 Å². The fourth-order valence-corrected chi connectivity index (χ4v) is 4.41. The van der Waals surface area contributed by atoms with Crippen molar-refractivity contribution >= 4 is 40.0 Å². The molecule has 0 atom stereocenters. The number of urea groups is 1. The quantitative estimate of drug-likeness (QED) is 0.312. The first-order valence-corrected chi connectivity index (χ1v) is 11.5. The van der Waals surface area contributed by atoms with Crippen LogP contribution in [0.4, 0.5) is 16.3 Å². The average molecular weight is 495 g/mol. The number of fused-ring (bicyclic) bond motifs is 1. The third kappa shape index (κ3) is 4.78. The third-order valence-electron chi connectivity index (χ3n) is 5.89. The van der Waals surface area contributed by atoms with Crippen LogP contribution in [0.3, 0.4) is 0 Å². The zero-order chi connectivity index (χ0) is 24.4. The first-order chi connectivity index (χ1) is 17.0. The summed E-state index contributed by atoms with van der Waals surface area (Å²) < 4.78 is 13.0. The molecule has 1 aliphatic rings. The maximum Gasteiger partial charge on any atom is 0.324 e. The number of aromatic hydroxyl groups is 1. The SMILES string of the molecule is COc1cc2c(Oc3ccc(NC(=O)Nc4ccnn4C4CCCC4)c(Cl)c3)ncnc2cc1O. The van der Waals surface area contributed by atoms with Crippen molar-refractivity contribution in [3.63, 3.8) is 0 Å². The van der Waals surface area contributed by atoms with E-state index in [0.717, 1.165) is 12.8 Å². The highest BCUT2D eigenvalue weighted by atomic mass is 35.5. The number of nitrogens with one attached hydrogen (secondary N) is 2. The second-order valence-corrected chi connectivity index (χ2v) is 8.55. The van der Waals surface area contributed by atoms with Gasteiger partial charge >= 0.3 is 6.03 Å². The fraction of sp³-hybridized carbons (Fsp3) is 0.250. The first-order valence-electron chi connectivity index (χ1n) is 11.1. The molecule has 0 unspecified atom stereocenters. The lowest BCUT2D eigenvalue weighted by atomic mass is 10.2. The molecule has 35 heavy (non-hydrogen) atoms. The van der Waals surface area contributed by atoms with Gasteiger partial charge in [-0.25, -0.2) is 19.4 Å². The van der Waals surface area contributed by atoms with E-state index in [1.165, 1.54) is 32.3 Å². The summed E-state index contributed by atoms with van der Waals surface area (Å²) >= 11 is 6.42. The van der Waals surface area contributed by atoms with Crippen LogP contribution in [0.2, 0.25) is 5.02 Å². The van der Waals surface area contributed by atoms with E-state index in [0.29, 0.717) is 34.2 Å². The molecule has 1 aliphatic carbocycles. The Balaban J connectivity index is 1.30. The summed E-state index contributed by atoms with van der Waals surface area (Å²) in [6.07, 6.45) is 7.46. The number of phenolic OH excluding ortho intramolecular Hbond substituents is 1. The van der Waals surface area contributed by atoms with Gasteiger partial charge in [0.1, 0.15) is 17.9 Å². The van der Waals surface area contributed by atoms with Crippen LogP contribution >= 0.6 is 11.6 Å². The Labute approximate surface area is 205 Å². The molecule has 3 N–H and O–H groups in total. The highest BCUT2D eigenvalue weighted by Crippen LogP contribution is 2.36. The predicted molar refractivity (Wildman–Crippen MR) is 132 cm³/mol. The Kier molecular flexibility index (Phi) is 6.28. The molecule has 0 saturated heterocycles. The first kappa shape index (κ1) is 22.7. The van der Waals surface area contributed by atoms with Crippen LogP contribution in [0.1, 0.15) is 31.7 Å². The maximum absolute atomic E-state index is 12.6. The molecule has 10 nitrogen and oxygen atoms in total. The molecule has 1 saturated carbocycles. The Morgan fingerprint density at radius 2 is 1.97 bits per heavy atom. The maximum atomic E-state index is 12.6. The van der Waals surface area contributed by atoms with Gasteiger partial charge in [-0.2, -0.15) is 5.10 Å². The van der Waals surface area contributed by atoms with Gasteiger partial charge in [0.25, 0.3) is 0 Å². The van der Waals surface area contributed by atoms with E-state index in [1.807, 2.05) is 4.68 Å². The number of carbonyl (C=O) groups excluding carboxylic acids is 1. The molecule has 2 aromatic carbocycles. The number of halogens is 1. The minimum absolute atomic E-state index is 0.0345. The summed E-state index contributed by atoms with van der Waals surface area (Å²) in [6, 6.07) is 9.61. The average Bonchev–Trinajstić information content (AvgIpc) is 3.52. The van der Waals surface area contributed by atoms with E-state index in [-0.39, 0.29) is 22.4 Å². The summed E-state index contributed by atoms with van der Waals surface area (Å²) in [6.45, 7) is 0. The van der Waals surface area contributed by atoms with Gasteiger partial charge in [0.15, 0.2) is 11.5 Å². The van der Waals surface area contributed by atoms with Crippen LogP contribution in [0.25, 0.3) is 10.9 Å². The smallest absolute Gasteiger partial charge is 0.324 e. The molecule has 11 heteroatoms. The molecule has 0 spiro atoms. The van der Waals surface area contributed by atoms with E-state index in [2.05, 4.69) is 25.7 Å². The zero-order valence-corrected chi connectivity index (χ0v) is 19.6. The normalized spacial score (nSPS) is 13.7. The van der Waals surface area contributed by atoms with Crippen LogP contribution in [0.5, 0.6) is 23.1 Å². The molecule has 180 valence electrons. The Morgan fingerprint density at radius 1 is 1.14 bits per heavy atom. The van der Waals surface area contributed by atoms with Gasteiger partial charge < -0.3 is 19.9 Å². The van der Waals surface area contributed by atoms with Crippen molar-refractivity contribution in [2.75, 3.05) is 17.7 Å².